The second kappa shape index (κ2) is 8.75. The van der Waals surface area contributed by atoms with E-state index in [4.69, 9.17) is 39.5 Å². The van der Waals surface area contributed by atoms with E-state index in [1.54, 1.807) is 32.0 Å². The number of thiazole rings is 1. The van der Waals surface area contributed by atoms with Gasteiger partial charge in [0.25, 0.3) is 5.91 Å². The van der Waals surface area contributed by atoms with Crippen molar-refractivity contribution in [2.24, 2.45) is 0 Å². The molecule has 3 rings (SSSR count). The monoisotopic (exact) mass is 471 g/mol. The van der Waals surface area contributed by atoms with Gasteiger partial charge in [0, 0.05) is 17.6 Å². The van der Waals surface area contributed by atoms with Gasteiger partial charge in [-0.3, -0.25) is 14.9 Å². The van der Waals surface area contributed by atoms with Crippen molar-refractivity contribution in [3.05, 3.63) is 44.4 Å². The van der Waals surface area contributed by atoms with Crippen molar-refractivity contribution in [1.29, 1.82) is 0 Å². The van der Waals surface area contributed by atoms with Crippen molar-refractivity contribution in [1.82, 2.24) is 4.98 Å². The number of benzene rings is 2. The third-order valence-corrected chi connectivity index (χ3v) is 6.43. The molecule has 29 heavy (non-hydrogen) atoms. The van der Waals surface area contributed by atoms with Crippen molar-refractivity contribution in [2.45, 2.75) is 20.8 Å². The number of nitrogens with zero attached hydrogens (tertiary/aromatic N) is 1. The summed E-state index contributed by atoms with van der Waals surface area (Å²) in [7, 11) is 0. The van der Waals surface area contributed by atoms with Crippen molar-refractivity contribution in [3.63, 3.8) is 0 Å². The predicted octanol–water partition coefficient (Wildman–Crippen LogP) is 5.85. The molecule has 1 heterocycles. The molecule has 152 valence electrons. The second-order valence-electron chi connectivity index (χ2n) is 6.24. The predicted molar refractivity (Wildman–Crippen MR) is 119 cm³/mol. The Morgan fingerprint density at radius 3 is 2.34 bits per heavy atom. The summed E-state index contributed by atoms with van der Waals surface area (Å²) in [5.74, 6) is -0.361. The number of aromatic nitrogens is 1. The number of carbonyl (C=O) groups excluding carboxylic acids is 2. The highest BCUT2D eigenvalue weighted by atomic mass is 35.5. The Labute approximate surface area is 186 Å². The lowest BCUT2D eigenvalue weighted by atomic mass is 10.1. The summed E-state index contributed by atoms with van der Waals surface area (Å²) < 4.78 is 6.37. The van der Waals surface area contributed by atoms with Gasteiger partial charge in [-0.2, -0.15) is 0 Å². The zero-order chi connectivity index (χ0) is 21.3. The first kappa shape index (κ1) is 21.6. The van der Waals surface area contributed by atoms with Crippen LogP contribution >= 0.6 is 46.1 Å². The normalized spacial score (nSPS) is 10.8. The Hall–Kier alpha value is -2.06. The Morgan fingerprint density at radius 2 is 1.72 bits per heavy atom. The number of hydrogen-bond acceptors (Lipinski definition) is 5. The maximum absolute atomic E-state index is 12.3. The van der Waals surface area contributed by atoms with Crippen LogP contribution in [0.5, 0.6) is 5.75 Å². The van der Waals surface area contributed by atoms with Crippen LogP contribution in [0.25, 0.3) is 10.2 Å². The van der Waals surface area contributed by atoms with Gasteiger partial charge in [-0.15, -0.1) is 0 Å². The van der Waals surface area contributed by atoms with Crippen molar-refractivity contribution < 1.29 is 14.3 Å². The van der Waals surface area contributed by atoms with Crippen LogP contribution in [0.15, 0.2) is 18.2 Å². The zero-order valence-corrected chi connectivity index (χ0v) is 18.7. The molecule has 2 aromatic carbocycles. The van der Waals surface area contributed by atoms with Crippen LogP contribution in [0.4, 0.5) is 10.8 Å². The van der Waals surface area contributed by atoms with Crippen LogP contribution in [0, 0.1) is 13.8 Å². The highest BCUT2D eigenvalue weighted by Crippen LogP contribution is 2.42. The van der Waals surface area contributed by atoms with Crippen LogP contribution in [-0.4, -0.2) is 23.4 Å². The molecule has 0 spiro atoms. The van der Waals surface area contributed by atoms with E-state index in [9.17, 15) is 9.59 Å². The smallest absolute Gasteiger partial charge is 0.264 e. The molecular weight excluding hydrogens is 457 g/mol. The van der Waals surface area contributed by atoms with Gasteiger partial charge in [-0.05, 0) is 43.2 Å². The summed E-state index contributed by atoms with van der Waals surface area (Å²) >= 11 is 20.0. The number of halogens is 3. The lowest BCUT2D eigenvalue weighted by Gasteiger charge is -2.15. The largest absolute Gasteiger partial charge is 0.481 e. The minimum Gasteiger partial charge on any atom is -0.481 e. The number of nitrogens with one attached hydrogen (secondary N) is 2. The fourth-order valence-electron chi connectivity index (χ4n) is 2.59. The lowest BCUT2D eigenvalue weighted by Crippen LogP contribution is -2.20. The van der Waals surface area contributed by atoms with Crippen LogP contribution in [-0.2, 0) is 9.59 Å². The summed E-state index contributed by atoms with van der Waals surface area (Å²) in [6.07, 6.45) is 0. The van der Waals surface area contributed by atoms with E-state index in [0.717, 1.165) is 4.70 Å². The molecule has 0 aliphatic carbocycles. The Bertz CT molecular complexity index is 1100. The van der Waals surface area contributed by atoms with Gasteiger partial charge >= 0.3 is 0 Å². The van der Waals surface area contributed by atoms with E-state index in [1.165, 1.54) is 18.3 Å². The van der Waals surface area contributed by atoms with E-state index in [2.05, 4.69) is 15.6 Å². The van der Waals surface area contributed by atoms with Crippen LogP contribution in [0.2, 0.25) is 15.1 Å². The Kier molecular flexibility index (Phi) is 6.53. The third-order valence-electron chi connectivity index (χ3n) is 4.02. The molecule has 0 bridgehead atoms. The number of anilines is 2. The van der Waals surface area contributed by atoms with Gasteiger partial charge in [0.15, 0.2) is 17.5 Å². The molecule has 0 saturated heterocycles. The first-order valence-corrected chi connectivity index (χ1v) is 10.4. The molecule has 0 aliphatic heterocycles. The summed E-state index contributed by atoms with van der Waals surface area (Å²) in [5, 5.41) is 6.80. The maximum atomic E-state index is 12.3. The van der Waals surface area contributed by atoms with Crippen molar-refractivity contribution in [2.75, 3.05) is 17.2 Å². The fourth-order valence-corrected chi connectivity index (χ4v) is 4.33. The van der Waals surface area contributed by atoms with Gasteiger partial charge in [-0.1, -0.05) is 46.1 Å². The number of ether oxygens (including phenoxy) is 1. The van der Waals surface area contributed by atoms with E-state index in [1.807, 2.05) is 0 Å². The number of carbonyl (C=O) groups is 2. The zero-order valence-electron chi connectivity index (χ0n) is 15.7. The SMILES string of the molecule is CC(=O)Nc1ccc2nc(NC(=O)COc3c(Cl)c(C)c(Cl)c(C)c3Cl)sc2c1. The average molecular weight is 473 g/mol. The van der Waals surface area contributed by atoms with E-state index < -0.39 is 5.91 Å². The molecule has 0 saturated carbocycles. The first-order chi connectivity index (χ1) is 13.7. The number of hydrogen-bond donors (Lipinski definition) is 2. The molecule has 3 aromatic rings. The third kappa shape index (κ3) is 4.75. The molecule has 0 radical (unpaired) electrons. The highest BCUT2D eigenvalue weighted by Gasteiger charge is 2.19. The van der Waals surface area contributed by atoms with Gasteiger partial charge < -0.3 is 10.1 Å². The van der Waals surface area contributed by atoms with Gasteiger partial charge in [-0.25, -0.2) is 4.98 Å². The van der Waals surface area contributed by atoms with E-state index >= 15 is 0 Å². The van der Waals surface area contributed by atoms with Crippen LogP contribution in [0.3, 0.4) is 0 Å². The summed E-state index contributed by atoms with van der Waals surface area (Å²) in [5.41, 5.74) is 2.63. The Balaban J connectivity index is 1.71. The lowest BCUT2D eigenvalue weighted by molar-refractivity contribution is -0.118. The summed E-state index contributed by atoms with van der Waals surface area (Å²) in [6.45, 7) is 4.63. The molecule has 0 aliphatic rings. The molecule has 1 aromatic heterocycles. The molecule has 10 heteroatoms. The molecule has 0 unspecified atom stereocenters. The number of rotatable bonds is 5. The van der Waals surface area contributed by atoms with Gasteiger partial charge in [0.2, 0.25) is 5.91 Å². The summed E-state index contributed by atoms with van der Waals surface area (Å²) in [6, 6.07) is 5.30. The van der Waals surface area contributed by atoms with Crippen LogP contribution < -0.4 is 15.4 Å². The van der Waals surface area contributed by atoms with Gasteiger partial charge in [0.1, 0.15) is 0 Å². The highest BCUT2D eigenvalue weighted by molar-refractivity contribution is 7.22. The number of amides is 2. The maximum Gasteiger partial charge on any atom is 0.264 e. The first-order valence-electron chi connectivity index (χ1n) is 8.42. The molecule has 2 N–H and O–H groups in total. The fraction of sp³-hybridized carbons (Fsp3) is 0.211. The minimum absolute atomic E-state index is 0.162. The average Bonchev–Trinajstić information content (AvgIpc) is 3.05. The van der Waals surface area contributed by atoms with E-state index in [0.29, 0.717) is 32.5 Å². The van der Waals surface area contributed by atoms with Crippen LogP contribution in [0.1, 0.15) is 18.1 Å². The Morgan fingerprint density at radius 1 is 1.07 bits per heavy atom. The molecule has 6 nitrogen and oxygen atoms in total. The molecule has 0 atom stereocenters. The van der Waals surface area contributed by atoms with E-state index in [-0.39, 0.29) is 28.3 Å². The minimum atomic E-state index is -0.413. The topological polar surface area (TPSA) is 80.3 Å². The second-order valence-corrected chi connectivity index (χ2v) is 8.41. The van der Waals surface area contributed by atoms with Gasteiger partial charge in [0.05, 0.1) is 20.3 Å². The molecule has 2 amide bonds. The summed E-state index contributed by atoms with van der Waals surface area (Å²) in [4.78, 5) is 27.8. The van der Waals surface area contributed by atoms with Crippen molar-refractivity contribution >= 4 is 79.0 Å². The molecule has 0 fully saturated rings. The van der Waals surface area contributed by atoms with Crippen molar-refractivity contribution in [3.8, 4) is 5.75 Å². The quantitative estimate of drug-likeness (QED) is 0.488. The molecular formula is C19H16Cl3N3O3S. The number of fused-ring (bicyclic) bond motifs is 1. The standard InChI is InChI=1S/C19H16Cl3N3O3S/c1-8-15(20)9(2)17(22)18(16(8)21)28-7-14(27)25-19-24-12-5-4-11(23-10(3)26)6-13(12)29-19/h4-6H,7H2,1-3H3,(H,23,26)(H,24,25,27).